The summed E-state index contributed by atoms with van der Waals surface area (Å²) in [5, 5.41) is 4.60. The molecule has 0 radical (unpaired) electrons. The van der Waals surface area contributed by atoms with E-state index >= 15 is 0 Å². The quantitative estimate of drug-likeness (QED) is 0.668. The Morgan fingerprint density at radius 3 is 2.76 bits per heavy atom. The predicted octanol–water partition coefficient (Wildman–Crippen LogP) is 4.97. The van der Waals surface area contributed by atoms with Crippen LogP contribution in [0, 0.1) is 0 Å². The molecule has 4 nitrogen and oxygen atoms in total. The molecule has 0 aliphatic carbocycles. The molecular weight excluding hydrogens is 336 g/mol. The maximum Gasteiger partial charge on any atom is 0.276 e. The topological polar surface area (TPSA) is 46.3 Å². The van der Waals surface area contributed by atoms with E-state index in [1.54, 1.807) is 18.2 Å². The Bertz CT molecular complexity index is 891. The minimum atomic E-state index is -0.0941. The summed E-state index contributed by atoms with van der Waals surface area (Å²) in [6.07, 6.45) is 1.96. The Morgan fingerprint density at radius 2 is 1.96 bits per heavy atom. The van der Waals surface area contributed by atoms with Crippen LogP contribution in [0.3, 0.4) is 0 Å². The van der Waals surface area contributed by atoms with Gasteiger partial charge in [-0.25, -0.2) is 0 Å². The first-order valence-electron chi connectivity index (χ1n) is 8.31. The summed E-state index contributed by atoms with van der Waals surface area (Å²) in [6, 6.07) is 19.2. The van der Waals surface area contributed by atoms with Gasteiger partial charge in [0.05, 0.1) is 6.04 Å². The summed E-state index contributed by atoms with van der Waals surface area (Å²) in [7, 11) is 0. The highest BCUT2D eigenvalue weighted by molar-refractivity contribution is 6.30. The van der Waals surface area contributed by atoms with E-state index in [1.165, 1.54) is 0 Å². The van der Waals surface area contributed by atoms with E-state index in [2.05, 4.69) is 17.3 Å². The van der Waals surface area contributed by atoms with Crippen LogP contribution in [0.5, 0.6) is 0 Å². The minimum Gasteiger partial charge on any atom is -0.355 e. The van der Waals surface area contributed by atoms with Gasteiger partial charge < -0.3 is 9.42 Å². The van der Waals surface area contributed by atoms with Gasteiger partial charge in [0.1, 0.15) is 0 Å². The lowest BCUT2D eigenvalue weighted by Gasteiger charge is -2.24. The van der Waals surface area contributed by atoms with Gasteiger partial charge in [-0.05, 0) is 30.5 Å². The Hall–Kier alpha value is -2.59. The predicted molar refractivity (Wildman–Crippen MR) is 96.4 cm³/mol. The third kappa shape index (κ3) is 3.17. The van der Waals surface area contributed by atoms with Crippen LogP contribution in [0.4, 0.5) is 0 Å². The molecular formula is C20H17ClN2O2. The highest BCUT2D eigenvalue weighted by Gasteiger charge is 2.32. The van der Waals surface area contributed by atoms with Crippen molar-refractivity contribution in [3.8, 4) is 11.3 Å². The molecule has 3 aromatic rings. The lowest BCUT2D eigenvalue weighted by molar-refractivity contribution is 0.0725. The SMILES string of the molecule is O=C(c1cc(-c2cccc(Cl)c2)on1)N1CCCC1c1ccccc1. The summed E-state index contributed by atoms with van der Waals surface area (Å²) in [6.45, 7) is 0.734. The average Bonchev–Trinajstić information content (AvgIpc) is 3.32. The molecule has 2 aromatic carbocycles. The number of carbonyl (C=O) groups is 1. The lowest BCUT2D eigenvalue weighted by Crippen LogP contribution is -2.30. The summed E-state index contributed by atoms with van der Waals surface area (Å²) in [5.74, 6) is 0.449. The van der Waals surface area contributed by atoms with Crippen molar-refractivity contribution < 1.29 is 9.32 Å². The molecule has 1 saturated heterocycles. The number of rotatable bonds is 3. The first-order valence-corrected chi connectivity index (χ1v) is 8.69. The van der Waals surface area contributed by atoms with E-state index in [0.717, 1.165) is 30.5 Å². The second-order valence-corrected chi connectivity index (χ2v) is 6.59. The molecule has 126 valence electrons. The van der Waals surface area contributed by atoms with Crippen LogP contribution in [0.15, 0.2) is 65.2 Å². The van der Waals surface area contributed by atoms with Crippen LogP contribution < -0.4 is 0 Å². The fraction of sp³-hybridized carbons (Fsp3) is 0.200. The number of amides is 1. The van der Waals surface area contributed by atoms with Crippen LogP contribution in [0.1, 0.15) is 34.9 Å². The number of hydrogen-bond donors (Lipinski definition) is 0. The van der Waals surface area contributed by atoms with Gasteiger partial charge >= 0.3 is 0 Å². The molecule has 1 aliphatic heterocycles. The summed E-state index contributed by atoms with van der Waals surface area (Å²) < 4.78 is 5.37. The van der Waals surface area contributed by atoms with Crippen LogP contribution in [0.2, 0.25) is 5.02 Å². The van der Waals surface area contributed by atoms with E-state index in [1.807, 2.05) is 35.2 Å². The number of nitrogens with zero attached hydrogens (tertiary/aromatic N) is 2. The van der Waals surface area contributed by atoms with Crippen LogP contribution >= 0.6 is 11.6 Å². The Balaban J connectivity index is 1.59. The Morgan fingerprint density at radius 1 is 1.12 bits per heavy atom. The smallest absolute Gasteiger partial charge is 0.276 e. The largest absolute Gasteiger partial charge is 0.355 e. The highest BCUT2D eigenvalue weighted by Crippen LogP contribution is 2.33. The summed E-state index contributed by atoms with van der Waals surface area (Å²) >= 11 is 6.02. The molecule has 0 saturated carbocycles. The van der Waals surface area contributed by atoms with E-state index in [9.17, 15) is 4.79 Å². The molecule has 25 heavy (non-hydrogen) atoms. The number of halogens is 1. The van der Waals surface area contributed by atoms with Crippen LogP contribution in [-0.2, 0) is 0 Å². The fourth-order valence-corrected chi connectivity index (χ4v) is 3.52. The van der Waals surface area contributed by atoms with Gasteiger partial charge in [-0.3, -0.25) is 4.79 Å². The third-order valence-corrected chi connectivity index (χ3v) is 4.77. The van der Waals surface area contributed by atoms with Crippen molar-refractivity contribution in [1.29, 1.82) is 0 Å². The maximum absolute atomic E-state index is 12.9. The lowest BCUT2D eigenvalue weighted by atomic mass is 10.0. The molecule has 1 aliphatic rings. The number of benzene rings is 2. The van der Waals surface area contributed by atoms with Crippen molar-refractivity contribution in [3.05, 3.63) is 76.9 Å². The van der Waals surface area contributed by atoms with Crippen LogP contribution in [-0.4, -0.2) is 22.5 Å². The Labute approximate surface area is 151 Å². The van der Waals surface area contributed by atoms with Crippen molar-refractivity contribution >= 4 is 17.5 Å². The number of likely N-dealkylation sites (tertiary alicyclic amines) is 1. The standard InChI is InChI=1S/C20H17ClN2O2/c21-16-9-4-8-15(12-16)19-13-17(22-25-19)20(24)23-11-5-10-18(23)14-6-2-1-3-7-14/h1-4,6-9,12-13,18H,5,10-11H2. The van der Waals surface area contributed by atoms with Gasteiger partial charge in [-0.2, -0.15) is 0 Å². The zero-order chi connectivity index (χ0) is 17.2. The van der Waals surface area contributed by atoms with Crippen molar-refractivity contribution in [2.75, 3.05) is 6.54 Å². The number of hydrogen-bond acceptors (Lipinski definition) is 3. The zero-order valence-electron chi connectivity index (χ0n) is 13.6. The van der Waals surface area contributed by atoms with Crippen molar-refractivity contribution in [2.45, 2.75) is 18.9 Å². The zero-order valence-corrected chi connectivity index (χ0v) is 14.3. The van der Waals surface area contributed by atoms with Crippen molar-refractivity contribution in [1.82, 2.24) is 10.1 Å². The molecule has 2 heterocycles. The minimum absolute atomic E-state index is 0.0941. The second kappa shape index (κ2) is 6.73. The van der Waals surface area contributed by atoms with E-state index < -0.39 is 0 Å². The van der Waals surface area contributed by atoms with Gasteiger partial charge in [0.2, 0.25) is 0 Å². The molecule has 1 unspecified atom stereocenters. The van der Waals surface area contributed by atoms with E-state index in [4.69, 9.17) is 16.1 Å². The van der Waals surface area contributed by atoms with E-state index in [-0.39, 0.29) is 11.9 Å². The summed E-state index contributed by atoms with van der Waals surface area (Å²) in [4.78, 5) is 14.8. The van der Waals surface area contributed by atoms with Gasteiger partial charge in [0.25, 0.3) is 5.91 Å². The molecule has 1 amide bonds. The molecule has 4 rings (SSSR count). The fourth-order valence-electron chi connectivity index (χ4n) is 3.33. The number of aromatic nitrogens is 1. The average molecular weight is 353 g/mol. The van der Waals surface area contributed by atoms with Crippen molar-refractivity contribution in [2.24, 2.45) is 0 Å². The molecule has 0 bridgehead atoms. The molecule has 1 atom stereocenters. The molecule has 5 heteroatoms. The van der Waals surface area contributed by atoms with Crippen molar-refractivity contribution in [3.63, 3.8) is 0 Å². The van der Waals surface area contributed by atoms with E-state index in [0.29, 0.717) is 16.5 Å². The molecule has 1 fully saturated rings. The summed E-state index contributed by atoms with van der Waals surface area (Å²) in [5.41, 5.74) is 2.30. The first-order chi connectivity index (χ1) is 12.2. The first kappa shape index (κ1) is 15.9. The van der Waals surface area contributed by atoms with Gasteiger partial charge in [0, 0.05) is 23.2 Å². The normalized spacial score (nSPS) is 17.0. The maximum atomic E-state index is 12.9. The molecule has 0 N–H and O–H groups in total. The second-order valence-electron chi connectivity index (χ2n) is 6.15. The number of carbonyl (C=O) groups excluding carboxylic acids is 1. The highest BCUT2D eigenvalue weighted by atomic mass is 35.5. The van der Waals surface area contributed by atoms with Gasteiger partial charge in [-0.15, -0.1) is 0 Å². The van der Waals surface area contributed by atoms with Gasteiger partial charge in [0.15, 0.2) is 11.5 Å². The Kier molecular flexibility index (Phi) is 4.28. The molecule has 0 spiro atoms. The van der Waals surface area contributed by atoms with Gasteiger partial charge in [-0.1, -0.05) is 59.2 Å². The molecule has 1 aromatic heterocycles. The van der Waals surface area contributed by atoms with Crippen LogP contribution in [0.25, 0.3) is 11.3 Å². The third-order valence-electron chi connectivity index (χ3n) is 4.54. The monoisotopic (exact) mass is 352 g/mol.